The van der Waals surface area contributed by atoms with Crippen LogP contribution in [0.1, 0.15) is 5.56 Å². The highest BCUT2D eigenvalue weighted by atomic mass is 16.5. The van der Waals surface area contributed by atoms with E-state index in [-0.39, 0.29) is 0 Å². The van der Waals surface area contributed by atoms with Crippen LogP contribution in [0.4, 0.5) is 17.1 Å². The van der Waals surface area contributed by atoms with Crippen molar-refractivity contribution >= 4 is 17.1 Å². The molecule has 0 aliphatic rings. The summed E-state index contributed by atoms with van der Waals surface area (Å²) in [5.41, 5.74) is 4.37. The number of rotatable bonds is 4. The summed E-state index contributed by atoms with van der Waals surface area (Å²) in [4.78, 5) is 2.14. The average Bonchev–Trinajstić information content (AvgIpc) is 3.04. The Balaban J connectivity index is 2.05. The van der Waals surface area contributed by atoms with E-state index in [4.69, 9.17) is 9.15 Å². The Morgan fingerprint density at radius 3 is 1.95 bits per heavy atom. The van der Waals surface area contributed by atoms with E-state index in [9.17, 15) is 0 Å². The monoisotopic (exact) mass is 279 g/mol. The van der Waals surface area contributed by atoms with Gasteiger partial charge in [0, 0.05) is 17.4 Å². The van der Waals surface area contributed by atoms with Gasteiger partial charge in [-0.15, -0.1) is 0 Å². The van der Waals surface area contributed by atoms with Gasteiger partial charge in [-0.1, -0.05) is 17.7 Å². The van der Waals surface area contributed by atoms with Gasteiger partial charge in [0.2, 0.25) is 0 Å². The van der Waals surface area contributed by atoms with E-state index in [0.29, 0.717) is 0 Å². The van der Waals surface area contributed by atoms with E-state index in [0.717, 1.165) is 22.8 Å². The fourth-order valence-electron chi connectivity index (χ4n) is 2.26. The minimum absolute atomic E-state index is 0.842. The standard InChI is InChI=1S/C18H17NO2/c1-14-3-5-15(6-4-14)19(17-11-12-21-13-17)16-7-9-18(20-2)10-8-16/h3-13H,1-2H3. The molecule has 0 bridgehead atoms. The summed E-state index contributed by atoms with van der Waals surface area (Å²) in [5.74, 6) is 0.842. The van der Waals surface area contributed by atoms with Gasteiger partial charge in [-0.3, -0.25) is 0 Å². The molecule has 0 aliphatic heterocycles. The van der Waals surface area contributed by atoms with Gasteiger partial charge in [0.05, 0.1) is 19.1 Å². The number of aryl methyl sites for hydroxylation is 1. The second-order valence-corrected chi connectivity index (χ2v) is 4.85. The van der Waals surface area contributed by atoms with Crippen molar-refractivity contribution < 1.29 is 9.15 Å². The summed E-state index contributed by atoms with van der Waals surface area (Å²) in [5, 5.41) is 0. The zero-order valence-electron chi connectivity index (χ0n) is 12.1. The van der Waals surface area contributed by atoms with E-state index in [1.807, 2.05) is 30.3 Å². The average molecular weight is 279 g/mol. The first-order valence-electron chi connectivity index (χ1n) is 6.81. The molecule has 0 amide bonds. The molecule has 0 saturated carbocycles. The predicted octanol–water partition coefficient (Wildman–Crippen LogP) is 5.07. The molecule has 1 aromatic heterocycles. The third-order valence-corrected chi connectivity index (χ3v) is 3.39. The van der Waals surface area contributed by atoms with Crippen LogP contribution in [-0.2, 0) is 0 Å². The van der Waals surface area contributed by atoms with E-state index in [1.165, 1.54) is 5.56 Å². The van der Waals surface area contributed by atoms with Crippen molar-refractivity contribution in [3.05, 3.63) is 72.7 Å². The molecule has 0 radical (unpaired) electrons. The smallest absolute Gasteiger partial charge is 0.119 e. The summed E-state index contributed by atoms with van der Waals surface area (Å²) in [6.07, 6.45) is 3.42. The van der Waals surface area contributed by atoms with Crippen molar-refractivity contribution in [2.75, 3.05) is 12.0 Å². The summed E-state index contributed by atoms with van der Waals surface area (Å²) in [6.45, 7) is 2.08. The van der Waals surface area contributed by atoms with E-state index >= 15 is 0 Å². The quantitative estimate of drug-likeness (QED) is 0.667. The Kier molecular flexibility index (Phi) is 3.65. The van der Waals surface area contributed by atoms with Crippen LogP contribution in [-0.4, -0.2) is 7.11 Å². The zero-order chi connectivity index (χ0) is 14.7. The molecule has 0 saturated heterocycles. The molecule has 106 valence electrons. The fraction of sp³-hybridized carbons (Fsp3) is 0.111. The van der Waals surface area contributed by atoms with Gasteiger partial charge in [0.15, 0.2) is 0 Å². The third-order valence-electron chi connectivity index (χ3n) is 3.39. The fourth-order valence-corrected chi connectivity index (χ4v) is 2.26. The lowest BCUT2D eigenvalue weighted by Crippen LogP contribution is -2.08. The Hall–Kier alpha value is -2.68. The van der Waals surface area contributed by atoms with Crippen LogP contribution in [0.15, 0.2) is 71.5 Å². The lowest BCUT2D eigenvalue weighted by atomic mass is 10.2. The number of methoxy groups -OCH3 is 1. The maximum atomic E-state index is 5.24. The summed E-state index contributed by atoms with van der Waals surface area (Å²) in [6, 6.07) is 18.3. The van der Waals surface area contributed by atoms with Crippen LogP contribution in [0.3, 0.4) is 0 Å². The number of anilines is 3. The normalized spacial score (nSPS) is 10.4. The lowest BCUT2D eigenvalue weighted by Gasteiger charge is -2.23. The Bertz CT molecular complexity index is 685. The zero-order valence-corrected chi connectivity index (χ0v) is 12.1. The first kappa shape index (κ1) is 13.3. The molecule has 0 atom stereocenters. The molecule has 3 aromatic rings. The molecule has 0 aliphatic carbocycles. The van der Waals surface area contributed by atoms with Gasteiger partial charge in [0.25, 0.3) is 0 Å². The molecular formula is C18H17NO2. The third kappa shape index (κ3) is 2.77. The molecule has 0 fully saturated rings. The number of hydrogen-bond acceptors (Lipinski definition) is 3. The van der Waals surface area contributed by atoms with Crippen LogP contribution >= 0.6 is 0 Å². The molecule has 21 heavy (non-hydrogen) atoms. The van der Waals surface area contributed by atoms with Crippen molar-refractivity contribution in [2.45, 2.75) is 6.92 Å². The molecule has 1 heterocycles. The molecule has 3 rings (SSSR count). The van der Waals surface area contributed by atoms with Crippen molar-refractivity contribution in [1.29, 1.82) is 0 Å². The first-order chi connectivity index (χ1) is 10.3. The molecule has 3 heteroatoms. The minimum atomic E-state index is 0.842. The van der Waals surface area contributed by atoms with Crippen molar-refractivity contribution in [1.82, 2.24) is 0 Å². The van der Waals surface area contributed by atoms with Crippen LogP contribution in [0.5, 0.6) is 5.75 Å². The van der Waals surface area contributed by atoms with Gasteiger partial charge < -0.3 is 14.1 Å². The number of benzene rings is 2. The van der Waals surface area contributed by atoms with Gasteiger partial charge in [-0.25, -0.2) is 0 Å². The highest BCUT2D eigenvalue weighted by Crippen LogP contribution is 2.35. The van der Waals surface area contributed by atoms with Crippen LogP contribution < -0.4 is 9.64 Å². The van der Waals surface area contributed by atoms with Crippen molar-refractivity contribution in [3.8, 4) is 5.75 Å². The molecule has 0 spiro atoms. The second-order valence-electron chi connectivity index (χ2n) is 4.85. The van der Waals surface area contributed by atoms with Gasteiger partial charge in [0.1, 0.15) is 12.0 Å². The summed E-state index contributed by atoms with van der Waals surface area (Å²) in [7, 11) is 1.67. The van der Waals surface area contributed by atoms with Crippen LogP contribution in [0.2, 0.25) is 0 Å². The van der Waals surface area contributed by atoms with Crippen LogP contribution in [0.25, 0.3) is 0 Å². The van der Waals surface area contributed by atoms with Crippen molar-refractivity contribution in [2.24, 2.45) is 0 Å². The van der Waals surface area contributed by atoms with Gasteiger partial charge >= 0.3 is 0 Å². The lowest BCUT2D eigenvalue weighted by molar-refractivity contribution is 0.415. The number of ether oxygens (including phenoxy) is 1. The Labute approximate surface area is 124 Å². The largest absolute Gasteiger partial charge is 0.497 e. The topological polar surface area (TPSA) is 25.6 Å². The van der Waals surface area contributed by atoms with Gasteiger partial charge in [-0.2, -0.15) is 0 Å². The van der Waals surface area contributed by atoms with Crippen molar-refractivity contribution in [3.63, 3.8) is 0 Å². The molecule has 3 nitrogen and oxygen atoms in total. The van der Waals surface area contributed by atoms with Gasteiger partial charge in [-0.05, 0) is 43.3 Å². The number of nitrogens with zero attached hydrogens (tertiary/aromatic N) is 1. The van der Waals surface area contributed by atoms with Crippen LogP contribution in [0, 0.1) is 6.92 Å². The van der Waals surface area contributed by atoms with E-state index in [2.05, 4.69) is 36.1 Å². The molecular weight excluding hydrogens is 262 g/mol. The van der Waals surface area contributed by atoms with E-state index < -0.39 is 0 Å². The SMILES string of the molecule is COc1ccc(N(c2ccc(C)cc2)c2ccoc2)cc1. The number of hydrogen-bond donors (Lipinski definition) is 0. The summed E-state index contributed by atoms with van der Waals surface area (Å²) < 4.78 is 10.5. The highest BCUT2D eigenvalue weighted by molar-refractivity contribution is 5.76. The molecule has 0 unspecified atom stereocenters. The first-order valence-corrected chi connectivity index (χ1v) is 6.81. The maximum absolute atomic E-state index is 5.24. The molecule has 2 aromatic carbocycles. The van der Waals surface area contributed by atoms with E-state index in [1.54, 1.807) is 19.6 Å². The minimum Gasteiger partial charge on any atom is -0.497 e. The molecule has 0 N–H and O–H groups in total. The second kappa shape index (κ2) is 5.75. The summed E-state index contributed by atoms with van der Waals surface area (Å²) >= 11 is 0. The predicted molar refractivity (Wildman–Crippen MR) is 84.7 cm³/mol. The number of furan rings is 1. The highest BCUT2D eigenvalue weighted by Gasteiger charge is 2.13. The Morgan fingerprint density at radius 1 is 0.810 bits per heavy atom. The maximum Gasteiger partial charge on any atom is 0.119 e. The Morgan fingerprint density at radius 2 is 1.43 bits per heavy atom.